The first-order valence-electron chi connectivity index (χ1n) is 7.43. The molecule has 2 rings (SSSR count). The number of para-hydroxylation sites is 1. The third-order valence-electron chi connectivity index (χ3n) is 4.07. The van der Waals surface area contributed by atoms with Crippen LogP contribution in [0.3, 0.4) is 0 Å². The van der Waals surface area contributed by atoms with Gasteiger partial charge in [0.15, 0.2) is 0 Å². The first-order chi connectivity index (χ1) is 10.1. The van der Waals surface area contributed by atoms with Crippen molar-refractivity contribution in [3.05, 3.63) is 29.8 Å². The summed E-state index contributed by atoms with van der Waals surface area (Å²) in [5.41, 5.74) is 0.541. The Morgan fingerprint density at radius 2 is 1.90 bits per heavy atom. The van der Waals surface area contributed by atoms with E-state index in [9.17, 15) is 14.7 Å². The van der Waals surface area contributed by atoms with Crippen LogP contribution in [0.5, 0.6) is 0 Å². The summed E-state index contributed by atoms with van der Waals surface area (Å²) in [6, 6.07) is 6.27. The van der Waals surface area contributed by atoms with Crippen LogP contribution in [0.4, 0.5) is 10.5 Å². The second-order valence-electron chi connectivity index (χ2n) is 5.57. The summed E-state index contributed by atoms with van der Waals surface area (Å²) in [4.78, 5) is 24.7. The number of nitrogens with zero attached hydrogens (tertiary/aromatic N) is 1. The number of carbonyl (C=O) groups excluding carboxylic acids is 1. The van der Waals surface area contributed by atoms with E-state index in [0.29, 0.717) is 18.2 Å². The number of rotatable bonds is 4. The largest absolute Gasteiger partial charge is 0.478 e. The highest BCUT2D eigenvalue weighted by Gasteiger charge is 2.19. The molecule has 0 bridgehead atoms. The molecule has 1 aliphatic carbocycles. The molecule has 1 saturated carbocycles. The zero-order valence-corrected chi connectivity index (χ0v) is 12.3. The van der Waals surface area contributed by atoms with Crippen LogP contribution in [-0.4, -0.2) is 30.7 Å². The minimum atomic E-state index is -1.03. The monoisotopic (exact) mass is 290 g/mol. The molecule has 0 aromatic heterocycles. The molecule has 0 saturated heterocycles. The Morgan fingerprint density at radius 1 is 1.24 bits per heavy atom. The van der Waals surface area contributed by atoms with Crippen molar-refractivity contribution < 1.29 is 14.7 Å². The lowest BCUT2D eigenvalue weighted by Crippen LogP contribution is -2.40. The number of urea groups is 1. The molecule has 1 aromatic carbocycles. The number of carboxylic acid groups (broad SMARTS) is 1. The van der Waals surface area contributed by atoms with Gasteiger partial charge < -0.3 is 10.4 Å². The van der Waals surface area contributed by atoms with E-state index in [1.165, 1.54) is 30.2 Å². The van der Waals surface area contributed by atoms with Crippen molar-refractivity contribution in [3.8, 4) is 0 Å². The van der Waals surface area contributed by atoms with Crippen LogP contribution in [-0.2, 0) is 0 Å². The SMILES string of the molecule is CN(C(=O)NCC1CCCCC1)c1ccccc1C(=O)O. The molecule has 5 nitrogen and oxygen atoms in total. The van der Waals surface area contributed by atoms with Crippen LogP contribution in [0.2, 0.25) is 0 Å². The molecule has 2 N–H and O–H groups in total. The van der Waals surface area contributed by atoms with Crippen LogP contribution < -0.4 is 10.2 Å². The smallest absolute Gasteiger partial charge is 0.337 e. The van der Waals surface area contributed by atoms with Crippen molar-refractivity contribution in [1.29, 1.82) is 0 Å². The van der Waals surface area contributed by atoms with E-state index in [-0.39, 0.29) is 11.6 Å². The molecule has 0 aliphatic heterocycles. The summed E-state index contributed by atoms with van der Waals surface area (Å²) in [5.74, 6) is -0.483. The van der Waals surface area contributed by atoms with E-state index in [4.69, 9.17) is 0 Å². The summed E-state index contributed by atoms with van der Waals surface area (Å²) >= 11 is 0. The van der Waals surface area contributed by atoms with Gasteiger partial charge in [-0.05, 0) is 30.9 Å². The average molecular weight is 290 g/mol. The molecule has 0 unspecified atom stereocenters. The highest BCUT2D eigenvalue weighted by atomic mass is 16.4. The third kappa shape index (κ3) is 3.97. The highest BCUT2D eigenvalue weighted by molar-refractivity contribution is 6.01. The molecule has 0 heterocycles. The average Bonchev–Trinajstić information content (AvgIpc) is 2.52. The van der Waals surface area contributed by atoms with Crippen LogP contribution in [0.15, 0.2) is 24.3 Å². The van der Waals surface area contributed by atoms with Gasteiger partial charge >= 0.3 is 12.0 Å². The topological polar surface area (TPSA) is 69.6 Å². The molecule has 1 aliphatic rings. The Hall–Kier alpha value is -2.04. The van der Waals surface area contributed by atoms with Gasteiger partial charge in [-0.25, -0.2) is 9.59 Å². The van der Waals surface area contributed by atoms with Gasteiger partial charge in [0, 0.05) is 13.6 Å². The fourth-order valence-electron chi connectivity index (χ4n) is 2.80. The second-order valence-corrected chi connectivity index (χ2v) is 5.57. The Bertz CT molecular complexity index is 510. The number of carboxylic acids is 1. The number of hydrogen-bond acceptors (Lipinski definition) is 2. The lowest BCUT2D eigenvalue weighted by atomic mass is 9.89. The van der Waals surface area contributed by atoms with Gasteiger partial charge in [0.25, 0.3) is 0 Å². The zero-order chi connectivity index (χ0) is 15.2. The van der Waals surface area contributed by atoms with E-state index >= 15 is 0 Å². The van der Waals surface area contributed by atoms with Crippen LogP contribution in [0.25, 0.3) is 0 Å². The molecule has 2 amide bonds. The predicted molar refractivity (Wildman–Crippen MR) is 81.8 cm³/mol. The first-order valence-corrected chi connectivity index (χ1v) is 7.43. The maximum absolute atomic E-state index is 12.2. The number of hydrogen-bond donors (Lipinski definition) is 2. The number of benzene rings is 1. The van der Waals surface area contributed by atoms with E-state index in [1.807, 2.05) is 0 Å². The Balaban J connectivity index is 1.97. The van der Waals surface area contributed by atoms with E-state index in [2.05, 4.69) is 5.32 Å². The van der Waals surface area contributed by atoms with Gasteiger partial charge in [-0.2, -0.15) is 0 Å². The summed E-state index contributed by atoms with van der Waals surface area (Å²) < 4.78 is 0. The Kier molecular flexibility index (Phi) is 5.20. The number of amides is 2. The lowest BCUT2D eigenvalue weighted by Gasteiger charge is -2.24. The van der Waals surface area contributed by atoms with Gasteiger partial charge in [-0.15, -0.1) is 0 Å². The van der Waals surface area contributed by atoms with Crippen molar-refractivity contribution >= 4 is 17.7 Å². The summed E-state index contributed by atoms with van der Waals surface area (Å²) in [5, 5.41) is 12.1. The number of nitrogens with one attached hydrogen (secondary N) is 1. The molecule has 0 atom stereocenters. The fourth-order valence-corrected chi connectivity index (χ4v) is 2.80. The standard InChI is InChI=1S/C16H22N2O3/c1-18(14-10-6-5-9-13(14)15(19)20)16(21)17-11-12-7-3-2-4-8-12/h5-6,9-10,12H,2-4,7-8,11H2,1H3,(H,17,21)(H,19,20). The van der Waals surface area contributed by atoms with Crippen molar-refractivity contribution in [2.24, 2.45) is 5.92 Å². The predicted octanol–water partition coefficient (Wildman–Crippen LogP) is 3.11. The maximum atomic E-state index is 12.2. The van der Waals surface area contributed by atoms with Crippen molar-refractivity contribution in [2.75, 3.05) is 18.5 Å². The number of carbonyl (C=O) groups is 2. The van der Waals surface area contributed by atoms with E-state index in [0.717, 1.165) is 12.8 Å². The lowest BCUT2D eigenvalue weighted by molar-refractivity contribution is 0.0697. The van der Waals surface area contributed by atoms with E-state index in [1.54, 1.807) is 25.2 Å². The summed E-state index contributed by atoms with van der Waals surface area (Å²) in [6.45, 7) is 0.665. The normalized spacial score (nSPS) is 15.5. The minimum absolute atomic E-state index is 0.132. The maximum Gasteiger partial charge on any atom is 0.337 e. The molecule has 0 radical (unpaired) electrons. The second kappa shape index (κ2) is 7.11. The number of anilines is 1. The summed E-state index contributed by atoms with van der Waals surface area (Å²) in [7, 11) is 1.60. The highest BCUT2D eigenvalue weighted by Crippen LogP contribution is 2.23. The van der Waals surface area contributed by atoms with Gasteiger partial charge in [-0.1, -0.05) is 31.4 Å². The van der Waals surface area contributed by atoms with Crippen molar-refractivity contribution in [1.82, 2.24) is 5.32 Å². The zero-order valence-electron chi connectivity index (χ0n) is 12.3. The summed E-state index contributed by atoms with van der Waals surface area (Å²) in [6.07, 6.45) is 6.08. The van der Waals surface area contributed by atoms with Crippen LogP contribution in [0, 0.1) is 5.92 Å². The van der Waals surface area contributed by atoms with Crippen LogP contribution >= 0.6 is 0 Å². The Labute approximate surface area is 125 Å². The van der Waals surface area contributed by atoms with Crippen molar-refractivity contribution in [3.63, 3.8) is 0 Å². The van der Waals surface area contributed by atoms with Crippen LogP contribution in [0.1, 0.15) is 42.5 Å². The third-order valence-corrected chi connectivity index (χ3v) is 4.07. The molecular formula is C16H22N2O3. The molecular weight excluding hydrogens is 268 g/mol. The minimum Gasteiger partial charge on any atom is -0.478 e. The number of aromatic carboxylic acids is 1. The van der Waals surface area contributed by atoms with Gasteiger partial charge in [0.1, 0.15) is 0 Å². The van der Waals surface area contributed by atoms with Gasteiger partial charge in [0.05, 0.1) is 11.3 Å². The first kappa shape index (κ1) is 15.4. The Morgan fingerprint density at radius 3 is 2.57 bits per heavy atom. The fraction of sp³-hybridized carbons (Fsp3) is 0.500. The quantitative estimate of drug-likeness (QED) is 0.895. The van der Waals surface area contributed by atoms with Gasteiger partial charge in [-0.3, -0.25) is 4.90 Å². The molecule has 0 spiro atoms. The molecule has 21 heavy (non-hydrogen) atoms. The molecule has 1 fully saturated rings. The molecule has 5 heteroatoms. The van der Waals surface area contributed by atoms with E-state index < -0.39 is 5.97 Å². The molecule has 114 valence electrons. The molecule has 1 aromatic rings. The van der Waals surface area contributed by atoms with Crippen molar-refractivity contribution in [2.45, 2.75) is 32.1 Å². The van der Waals surface area contributed by atoms with Gasteiger partial charge in [0.2, 0.25) is 0 Å².